The zero-order valence-corrected chi connectivity index (χ0v) is 27.4. The van der Waals surface area contributed by atoms with E-state index in [-0.39, 0.29) is 12.5 Å². The average molecular weight is 640 g/mol. The molecule has 48 heavy (non-hydrogen) atoms. The number of ether oxygens (including phenoxy) is 2. The molecule has 0 saturated heterocycles. The summed E-state index contributed by atoms with van der Waals surface area (Å²) in [5.74, 6) is 0.877. The summed E-state index contributed by atoms with van der Waals surface area (Å²) >= 11 is 0. The Morgan fingerprint density at radius 1 is 0.792 bits per heavy atom. The molecule has 0 saturated carbocycles. The number of hydrogen-bond donors (Lipinski definition) is 2. The minimum Gasteiger partial charge on any atom is -0.494 e. The summed E-state index contributed by atoms with van der Waals surface area (Å²) in [6.45, 7) is 0.851. The number of benzene rings is 5. The Bertz CT molecular complexity index is 1810. The van der Waals surface area contributed by atoms with Crippen LogP contribution in [0.15, 0.2) is 138 Å². The number of rotatable bonds is 13. The van der Waals surface area contributed by atoms with E-state index < -0.39 is 11.6 Å². The first kappa shape index (κ1) is 32.5. The van der Waals surface area contributed by atoms with Gasteiger partial charge < -0.3 is 24.8 Å². The first-order valence-corrected chi connectivity index (χ1v) is 16.3. The number of nitrogens with zero attached hydrogens (tertiary/aromatic N) is 2. The molecule has 0 spiro atoms. The van der Waals surface area contributed by atoms with Crippen molar-refractivity contribution >= 4 is 17.5 Å². The predicted molar refractivity (Wildman–Crippen MR) is 191 cm³/mol. The molecule has 0 aromatic heterocycles. The van der Waals surface area contributed by atoms with E-state index in [1.165, 1.54) is 0 Å². The number of nitrogens with one attached hydrogen (secondary N) is 1. The number of amides is 1. The smallest absolute Gasteiger partial charge is 0.252 e. The number of aliphatic imine (C=N–C) groups is 1. The maximum Gasteiger partial charge on any atom is 0.252 e. The monoisotopic (exact) mass is 639 g/mol. The summed E-state index contributed by atoms with van der Waals surface area (Å²) in [6, 6.07) is 44.1. The number of aliphatic hydroxyl groups is 1. The topological polar surface area (TPSA) is 83.4 Å². The second kappa shape index (κ2) is 15.0. The summed E-state index contributed by atoms with van der Waals surface area (Å²) in [6.07, 6.45) is 0.212. The molecular weight excluding hydrogens is 598 g/mol. The standard InChI is InChI=1S/C41H41N3O4/c1-44(2)36-22-14-31(15-23-36)29-42-40(46)41(28-30-10-5-3-6-11-30)38(34-18-16-33(17-19-34)32-12-7-4-8-13-32)48-39(43-41)35-20-24-37(25-21-35)47-27-9-26-45/h3-8,10-25,38,45H,9,26-29H2,1-2H3,(H,42,46)/t38-,41-/m1/s1. The molecule has 0 bridgehead atoms. The van der Waals surface area contributed by atoms with Crippen LogP contribution < -0.4 is 15.0 Å². The molecule has 6 rings (SSSR count). The van der Waals surface area contributed by atoms with Gasteiger partial charge in [-0.3, -0.25) is 4.79 Å². The molecule has 0 fully saturated rings. The van der Waals surface area contributed by atoms with Gasteiger partial charge in [-0.1, -0.05) is 97.1 Å². The normalized spacial score (nSPS) is 16.9. The molecule has 1 aliphatic heterocycles. The first-order chi connectivity index (χ1) is 23.4. The van der Waals surface area contributed by atoms with Crippen LogP contribution in [0.5, 0.6) is 5.75 Å². The lowest BCUT2D eigenvalue weighted by atomic mass is 9.81. The maximum absolute atomic E-state index is 14.6. The van der Waals surface area contributed by atoms with Crippen LogP contribution in [0, 0.1) is 0 Å². The molecule has 1 aliphatic rings. The van der Waals surface area contributed by atoms with Crippen molar-refractivity contribution in [3.05, 3.63) is 156 Å². The lowest BCUT2D eigenvalue weighted by Gasteiger charge is -2.31. The van der Waals surface area contributed by atoms with Gasteiger partial charge in [-0.15, -0.1) is 0 Å². The van der Waals surface area contributed by atoms with Crippen molar-refractivity contribution in [1.82, 2.24) is 5.32 Å². The number of carbonyl (C=O) groups excluding carboxylic acids is 1. The van der Waals surface area contributed by atoms with Gasteiger partial charge in [-0.25, -0.2) is 4.99 Å². The van der Waals surface area contributed by atoms with Crippen molar-refractivity contribution in [2.24, 2.45) is 4.99 Å². The molecule has 5 aromatic carbocycles. The van der Waals surface area contributed by atoms with Crippen LogP contribution in [0.1, 0.15) is 34.8 Å². The van der Waals surface area contributed by atoms with Gasteiger partial charge in [0.15, 0.2) is 11.6 Å². The molecule has 1 amide bonds. The van der Waals surface area contributed by atoms with Crippen LogP contribution in [-0.4, -0.2) is 49.8 Å². The highest BCUT2D eigenvalue weighted by atomic mass is 16.5. The number of carbonyl (C=O) groups is 1. The molecule has 0 unspecified atom stereocenters. The Morgan fingerprint density at radius 2 is 1.42 bits per heavy atom. The Morgan fingerprint density at radius 3 is 2.06 bits per heavy atom. The first-order valence-electron chi connectivity index (χ1n) is 16.3. The zero-order chi connectivity index (χ0) is 33.3. The summed E-state index contributed by atoms with van der Waals surface area (Å²) in [5, 5.41) is 12.3. The average Bonchev–Trinajstić information content (AvgIpc) is 3.52. The van der Waals surface area contributed by atoms with Crippen molar-refractivity contribution in [2.75, 3.05) is 32.2 Å². The van der Waals surface area contributed by atoms with Gasteiger partial charge in [-0.2, -0.15) is 0 Å². The van der Waals surface area contributed by atoms with Crippen LogP contribution in [0.3, 0.4) is 0 Å². The molecular formula is C41H41N3O4. The second-order valence-corrected chi connectivity index (χ2v) is 12.2. The molecule has 5 aromatic rings. The van der Waals surface area contributed by atoms with Crippen molar-refractivity contribution in [3.63, 3.8) is 0 Å². The quantitative estimate of drug-likeness (QED) is 0.136. The number of aliphatic hydroxyl groups excluding tert-OH is 1. The van der Waals surface area contributed by atoms with Gasteiger partial charge in [0, 0.05) is 51.3 Å². The summed E-state index contributed by atoms with van der Waals surface area (Å²) in [4.78, 5) is 21.8. The minimum atomic E-state index is -1.29. The Balaban J connectivity index is 1.37. The molecule has 2 atom stereocenters. The molecule has 0 aliphatic carbocycles. The van der Waals surface area contributed by atoms with Crippen LogP contribution in [0.25, 0.3) is 11.1 Å². The molecule has 1 heterocycles. The number of anilines is 1. The van der Waals surface area contributed by atoms with Crippen LogP contribution in [0.2, 0.25) is 0 Å². The molecule has 7 nitrogen and oxygen atoms in total. The van der Waals surface area contributed by atoms with E-state index in [2.05, 4.69) is 29.6 Å². The molecule has 244 valence electrons. The van der Waals surface area contributed by atoms with Crippen molar-refractivity contribution in [2.45, 2.75) is 31.0 Å². The van der Waals surface area contributed by atoms with E-state index in [0.717, 1.165) is 39.1 Å². The van der Waals surface area contributed by atoms with E-state index in [1.54, 1.807) is 0 Å². The van der Waals surface area contributed by atoms with Gasteiger partial charge in [0.25, 0.3) is 5.91 Å². The zero-order valence-electron chi connectivity index (χ0n) is 27.4. The fourth-order valence-electron chi connectivity index (χ4n) is 5.92. The van der Waals surface area contributed by atoms with E-state index in [0.29, 0.717) is 37.6 Å². The largest absolute Gasteiger partial charge is 0.494 e. The molecule has 0 radical (unpaired) electrons. The molecule has 7 heteroatoms. The lowest BCUT2D eigenvalue weighted by Crippen LogP contribution is -2.49. The highest BCUT2D eigenvalue weighted by molar-refractivity contribution is 6.01. The highest BCUT2D eigenvalue weighted by Crippen LogP contribution is 2.43. The van der Waals surface area contributed by atoms with Gasteiger partial charge in [0.1, 0.15) is 5.75 Å². The third-order valence-electron chi connectivity index (χ3n) is 8.57. The third kappa shape index (κ3) is 7.42. The van der Waals surface area contributed by atoms with Gasteiger partial charge in [0.05, 0.1) is 6.61 Å². The van der Waals surface area contributed by atoms with E-state index in [1.807, 2.05) is 128 Å². The molecule has 2 N–H and O–H groups in total. The van der Waals surface area contributed by atoms with Crippen LogP contribution in [0.4, 0.5) is 5.69 Å². The fourth-order valence-corrected chi connectivity index (χ4v) is 5.92. The second-order valence-electron chi connectivity index (χ2n) is 12.2. The summed E-state index contributed by atoms with van der Waals surface area (Å²) in [7, 11) is 4.01. The highest BCUT2D eigenvalue weighted by Gasteiger charge is 2.53. The van der Waals surface area contributed by atoms with Gasteiger partial charge in [0.2, 0.25) is 5.90 Å². The van der Waals surface area contributed by atoms with Crippen LogP contribution >= 0.6 is 0 Å². The van der Waals surface area contributed by atoms with Crippen molar-refractivity contribution in [1.29, 1.82) is 0 Å². The summed E-state index contributed by atoms with van der Waals surface area (Å²) < 4.78 is 12.5. The van der Waals surface area contributed by atoms with E-state index in [4.69, 9.17) is 19.6 Å². The van der Waals surface area contributed by atoms with Crippen LogP contribution in [-0.2, 0) is 22.5 Å². The fraction of sp³-hybridized carbons (Fsp3) is 0.220. The summed E-state index contributed by atoms with van der Waals surface area (Å²) in [5.41, 5.74) is 5.58. The van der Waals surface area contributed by atoms with Gasteiger partial charge in [-0.05, 0) is 64.2 Å². The maximum atomic E-state index is 14.6. The lowest BCUT2D eigenvalue weighted by molar-refractivity contribution is -0.129. The Kier molecular flexibility index (Phi) is 10.2. The van der Waals surface area contributed by atoms with E-state index >= 15 is 0 Å². The third-order valence-corrected chi connectivity index (χ3v) is 8.57. The predicted octanol–water partition coefficient (Wildman–Crippen LogP) is 7.00. The SMILES string of the molecule is CN(C)c1ccc(CNC(=O)[C@]2(Cc3ccccc3)N=C(c3ccc(OCCCO)cc3)O[C@@H]2c2ccc(-c3ccccc3)cc2)cc1. The van der Waals surface area contributed by atoms with Crippen molar-refractivity contribution in [3.8, 4) is 16.9 Å². The Labute approximate surface area is 282 Å². The minimum absolute atomic E-state index is 0.0728. The van der Waals surface area contributed by atoms with Crippen molar-refractivity contribution < 1.29 is 19.4 Å². The van der Waals surface area contributed by atoms with Gasteiger partial charge >= 0.3 is 0 Å². The Hall–Kier alpha value is -5.40. The van der Waals surface area contributed by atoms with E-state index in [9.17, 15) is 4.79 Å². The number of hydrogen-bond acceptors (Lipinski definition) is 6.